The lowest BCUT2D eigenvalue weighted by Crippen LogP contribution is -2.42. The second-order valence-corrected chi connectivity index (χ2v) is 4.80. The maximum absolute atomic E-state index is 5.52. The maximum Gasteiger partial charge on any atom is 0.0664 e. The van der Waals surface area contributed by atoms with E-state index in [-0.39, 0.29) is 0 Å². The van der Waals surface area contributed by atoms with Crippen LogP contribution in [0.4, 0.5) is 0 Å². The fourth-order valence-corrected chi connectivity index (χ4v) is 3.27. The first-order valence-electron chi connectivity index (χ1n) is 5.33. The van der Waals surface area contributed by atoms with Gasteiger partial charge in [0.2, 0.25) is 0 Å². The molecule has 0 N–H and O–H groups in total. The van der Waals surface area contributed by atoms with Gasteiger partial charge < -0.3 is 4.74 Å². The van der Waals surface area contributed by atoms with Crippen LogP contribution in [0.3, 0.4) is 0 Å². The molecular weight excluding hydrogens is 162 g/mol. The lowest BCUT2D eigenvalue weighted by Gasteiger charge is -2.31. The van der Waals surface area contributed by atoms with Crippen molar-refractivity contribution in [1.82, 2.24) is 4.90 Å². The lowest BCUT2D eigenvalue weighted by atomic mass is 9.94. The molecule has 0 aromatic carbocycles. The molecule has 0 spiro atoms. The molecule has 3 aliphatic rings. The summed E-state index contributed by atoms with van der Waals surface area (Å²) in [6.07, 6.45) is 6.35. The van der Waals surface area contributed by atoms with Crippen LogP contribution in [0.15, 0.2) is 11.6 Å². The fourth-order valence-electron chi connectivity index (χ4n) is 3.27. The van der Waals surface area contributed by atoms with Gasteiger partial charge in [0.05, 0.1) is 19.3 Å². The van der Waals surface area contributed by atoms with Crippen LogP contribution >= 0.6 is 0 Å². The summed E-state index contributed by atoms with van der Waals surface area (Å²) in [4.78, 5) is 2.66. The Bertz CT molecular complexity index is 261. The van der Waals surface area contributed by atoms with Crippen molar-refractivity contribution in [2.24, 2.45) is 0 Å². The van der Waals surface area contributed by atoms with E-state index in [0.29, 0.717) is 11.6 Å². The molecule has 2 atom stereocenters. The Morgan fingerprint density at radius 2 is 2.54 bits per heavy atom. The SMILES string of the molecule is CC12CCCN1C1COCC=C1C2. The molecule has 0 bridgehead atoms. The van der Waals surface area contributed by atoms with Crippen LogP contribution in [0.5, 0.6) is 0 Å². The zero-order valence-electron chi connectivity index (χ0n) is 8.25. The van der Waals surface area contributed by atoms with E-state index >= 15 is 0 Å². The molecule has 0 radical (unpaired) electrons. The van der Waals surface area contributed by atoms with Gasteiger partial charge in [-0.1, -0.05) is 11.6 Å². The first-order chi connectivity index (χ1) is 6.30. The Hall–Kier alpha value is -0.340. The largest absolute Gasteiger partial charge is 0.375 e. The summed E-state index contributed by atoms with van der Waals surface area (Å²) in [5.41, 5.74) is 2.12. The zero-order valence-corrected chi connectivity index (χ0v) is 8.25. The van der Waals surface area contributed by atoms with Gasteiger partial charge in [-0.15, -0.1) is 0 Å². The number of rotatable bonds is 0. The molecule has 3 aliphatic heterocycles. The second kappa shape index (κ2) is 2.58. The molecule has 3 rings (SSSR count). The fraction of sp³-hybridized carbons (Fsp3) is 0.818. The highest BCUT2D eigenvalue weighted by Gasteiger charge is 2.48. The number of nitrogens with zero attached hydrogens (tertiary/aromatic N) is 1. The average molecular weight is 179 g/mol. The van der Waals surface area contributed by atoms with Crippen molar-refractivity contribution in [2.75, 3.05) is 19.8 Å². The van der Waals surface area contributed by atoms with Crippen molar-refractivity contribution < 1.29 is 4.74 Å². The first kappa shape index (κ1) is 8.01. The molecule has 2 unspecified atom stereocenters. The van der Waals surface area contributed by atoms with Crippen molar-refractivity contribution in [3.05, 3.63) is 11.6 Å². The molecule has 0 aliphatic carbocycles. The minimum atomic E-state index is 0.476. The summed E-state index contributed by atoms with van der Waals surface area (Å²) in [7, 11) is 0. The van der Waals surface area contributed by atoms with E-state index in [4.69, 9.17) is 4.74 Å². The van der Waals surface area contributed by atoms with E-state index in [1.165, 1.54) is 25.8 Å². The van der Waals surface area contributed by atoms with Crippen molar-refractivity contribution in [2.45, 2.75) is 37.8 Å². The molecule has 2 fully saturated rings. The molecule has 2 heteroatoms. The Kier molecular flexibility index (Phi) is 1.59. The van der Waals surface area contributed by atoms with Gasteiger partial charge in [-0.05, 0) is 32.7 Å². The highest BCUT2D eigenvalue weighted by Crippen LogP contribution is 2.45. The summed E-state index contributed by atoms with van der Waals surface area (Å²) in [6.45, 7) is 5.47. The summed E-state index contributed by atoms with van der Waals surface area (Å²) in [6, 6.07) is 0.626. The summed E-state index contributed by atoms with van der Waals surface area (Å²) in [5, 5.41) is 0. The van der Waals surface area contributed by atoms with Gasteiger partial charge in [0.1, 0.15) is 0 Å². The van der Waals surface area contributed by atoms with Crippen molar-refractivity contribution in [1.29, 1.82) is 0 Å². The minimum absolute atomic E-state index is 0.476. The smallest absolute Gasteiger partial charge is 0.0664 e. The first-order valence-corrected chi connectivity index (χ1v) is 5.33. The maximum atomic E-state index is 5.52. The number of fused-ring (bicyclic) bond motifs is 3. The van der Waals surface area contributed by atoms with Crippen LogP contribution in [0.25, 0.3) is 0 Å². The topological polar surface area (TPSA) is 12.5 Å². The normalized spacial score (nSPS) is 44.4. The summed E-state index contributed by atoms with van der Waals surface area (Å²) < 4.78 is 5.52. The number of ether oxygens (including phenoxy) is 1. The average Bonchev–Trinajstić information content (AvgIpc) is 2.58. The van der Waals surface area contributed by atoms with Crippen LogP contribution in [0.2, 0.25) is 0 Å². The van der Waals surface area contributed by atoms with E-state index in [0.717, 1.165) is 13.2 Å². The van der Waals surface area contributed by atoms with Gasteiger partial charge in [-0.2, -0.15) is 0 Å². The highest BCUT2D eigenvalue weighted by atomic mass is 16.5. The predicted molar refractivity (Wildman–Crippen MR) is 51.7 cm³/mol. The van der Waals surface area contributed by atoms with E-state index < -0.39 is 0 Å². The van der Waals surface area contributed by atoms with Gasteiger partial charge in [0.15, 0.2) is 0 Å². The molecular formula is C11H17NO. The lowest BCUT2D eigenvalue weighted by molar-refractivity contribution is 0.0724. The third-order valence-electron chi connectivity index (χ3n) is 3.94. The molecule has 2 saturated heterocycles. The second-order valence-electron chi connectivity index (χ2n) is 4.80. The number of hydrogen-bond acceptors (Lipinski definition) is 2. The van der Waals surface area contributed by atoms with E-state index in [2.05, 4.69) is 17.9 Å². The van der Waals surface area contributed by atoms with Gasteiger partial charge in [-0.25, -0.2) is 0 Å². The standard InChI is InChI=1S/C11H17NO/c1-11-4-2-5-12(11)10-8-13-6-3-9(10)7-11/h3,10H,2,4-8H2,1H3. The molecule has 0 saturated carbocycles. The third kappa shape index (κ3) is 1.02. The van der Waals surface area contributed by atoms with Crippen LogP contribution in [-0.4, -0.2) is 36.2 Å². The van der Waals surface area contributed by atoms with Crippen LogP contribution in [-0.2, 0) is 4.74 Å². The van der Waals surface area contributed by atoms with E-state index in [9.17, 15) is 0 Å². The quantitative estimate of drug-likeness (QED) is 0.523. The van der Waals surface area contributed by atoms with Gasteiger partial charge in [0, 0.05) is 5.54 Å². The van der Waals surface area contributed by atoms with Crippen LogP contribution in [0, 0.1) is 0 Å². The molecule has 0 amide bonds. The molecule has 2 nitrogen and oxygen atoms in total. The third-order valence-corrected chi connectivity index (χ3v) is 3.94. The molecule has 0 aromatic rings. The summed E-state index contributed by atoms with van der Waals surface area (Å²) >= 11 is 0. The Morgan fingerprint density at radius 3 is 3.46 bits per heavy atom. The number of hydrogen-bond donors (Lipinski definition) is 0. The van der Waals surface area contributed by atoms with Gasteiger partial charge >= 0.3 is 0 Å². The van der Waals surface area contributed by atoms with Crippen molar-refractivity contribution in [3.8, 4) is 0 Å². The van der Waals surface area contributed by atoms with Gasteiger partial charge in [0.25, 0.3) is 0 Å². The van der Waals surface area contributed by atoms with Crippen molar-refractivity contribution >= 4 is 0 Å². The molecule has 72 valence electrons. The van der Waals surface area contributed by atoms with Crippen LogP contribution in [0.1, 0.15) is 26.2 Å². The predicted octanol–water partition coefficient (Wildman–Crippen LogP) is 1.57. The highest BCUT2D eigenvalue weighted by molar-refractivity contribution is 5.26. The molecule has 3 heterocycles. The monoisotopic (exact) mass is 179 g/mol. The minimum Gasteiger partial charge on any atom is -0.375 e. The molecule has 13 heavy (non-hydrogen) atoms. The Morgan fingerprint density at radius 1 is 1.62 bits per heavy atom. The van der Waals surface area contributed by atoms with E-state index in [1.807, 2.05) is 0 Å². The Balaban J connectivity index is 1.95. The van der Waals surface area contributed by atoms with Crippen LogP contribution < -0.4 is 0 Å². The summed E-state index contributed by atoms with van der Waals surface area (Å²) in [5.74, 6) is 0. The molecule has 0 aromatic heterocycles. The van der Waals surface area contributed by atoms with Gasteiger partial charge in [-0.3, -0.25) is 4.90 Å². The Labute approximate surface area is 79.6 Å². The van der Waals surface area contributed by atoms with Crippen molar-refractivity contribution in [3.63, 3.8) is 0 Å². The van der Waals surface area contributed by atoms with E-state index in [1.54, 1.807) is 5.57 Å². The zero-order chi connectivity index (χ0) is 8.89.